The van der Waals surface area contributed by atoms with Crippen molar-refractivity contribution in [2.75, 3.05) is 26.2 Å². The number of amides is 2. The number of carbonyl (C=O) groups is 2. The lowest BCUT2D eigenvalue weighted by Gasteiger charge is -2.38. The maximum Gasteiger partial charge on any atom is 0.244 e. The summed E-state index contributed by atoms with van der Waals surface area (Å²) in [7, 11) is 0. The molecule has 2 fully saturated rings. The molecule has 1 aliphatic carbocycles. The van der Waals surface area contributed by atoms with Crippen LogP contribution in [-0.4, -0.2) is 47.8 Å². The fourth-order valence-corrected chi connectivity index (χ4v) is 3.75. The van der Waals surface area contributed by atoms with E-state index >= 15 is 0 Å². The van der Waals surface area contributed by atoms with E-state index in [1.165, 1.54) is 19.3 Å². The Balaban J connectivity index is 0.00000225. The van der Waals surface area contributed by atoms with Crippen LogP contribution < -0.4 is 5.73 Å². The lowest BCUT2D eigenvalue weighted by molar-refractivity contribution is -0.143. The molecule has 1 heterocycles. The maximum absolute atomic E-state index is 12.6. The third-order valence-corrected chi connectivity index (χ3v) is 5.28. The SMILES string of the molecule is Cl.NC(C(=O)N1CCN(C(=O)C2CCCCC2)CC1)c1ccccc1. The average Bonchev–Trinajstić information content (AvgIpc) is 2.68. The zero-order chi connectivity index (χ0) is 16.9. The van der Waals surface area contributed by atoms with E-state index in [2.05, 4.69) is 0 Å². The van der Waals surface area contributed by atoms with E-state index in [9.17, 15) is 9.59 Å². The van der Waals surface area contributed by atoms with E-state index < -0.39 is 6.04 Å². The second-order valence-electron chi connectivity index (χ2n) is 6.87. The molecular weight excluding hydrogens is 338 g/mol. The quantitative estimate of drug-likeness (QED) is 0.894. The van der Waals surface area contributed by atoms with Gasteiger partial charge in [0.05, 0.1) is 0 Å². The van der Waals surface area contributed by atoms with Gasteiger partial charge < -0.3 is 15.5 Å². The fraction of sp³-hybridized carbons (Fsp3) is 0.579. The van der Waals surface area contributed by atoms with Gasteiger partial charge in [-0.25, -0.2) is 0 Å². The first-order valence-corrected chi connectivity index (χ1v) is 9.05. The lowest BCUT2D eigenvalue weighted by Crippen LogP contribution is -2.53. The summed E-state index contributed by atoms with van der Waals surface area (Å²) in [5.74, 6) is 0.438. The minimum atomic E-state index is -0.619. The van der Waals surface area contributed by atoms with Gasteiger partial charge in [-0.3, -0.25) is 9.59 Å². The van der Waals surface area contributed by atoms with Crippen LogP contribution in [0.5, 0.6) is 0 Å². The van der Waals surface area contributed by atoms with Crippen LogP contribution in [0, 0.1) is 5.92 Å². The molecule has 5 nitrogen and oxygen atoms in total. The van der Waals surface area contributed by atoms with E-state index in [-0.39, 0.29) is 30.1 Å². The first-order chi connectivity index (χ1) is 11.7. The summed E-state index contributed by atoms with van der Waals surface area (Å²) >= 11 is 0. The summed E-state index contributed by atoms with van der Waals surface area (Å²) in [5, 5.41) is 0. The number of hydrogen-bond acceptors (Lipinski definition) is 3. The van der Waals surface area contributed by atoms with Crippen molar-refractivity contribution in [1.29, 1.82) is 0 Å². The van der Waals surface area contributed by atoms with Gasteiger partial charge in [0, 0.05) is 32.1 Å². The molecule has 0 bridgehead atoms. The molecule has 1 aliphatic heterocycles. The summed E-state index contributed by atoms with van der Waals surface area (Å²) in [4.78, 5) is 28.9. The largest absolute Gasteiger partial charge is 0.339 e. The van der Waals surface area contributed by atoms with Gasteiger partial charge in [0.1, 0.15) is 6.04 Å². The molecule has 138 valence electrons. The van der Waals surface area contributed by atoms with E-state index in [1.807, 2.05) is 35.2 Å². The van der Waals surface area contributed by atoms with Gasteiger partial charge in [-0.05, 0) is 18.4 Å². The Morgan fingerprint density at radius 1 is 0.920 bits per heavy atom. The molecule has 1 unspecified atom stereocenters. The van der Waals surface area contributed by atoms with E-state index in [0.29, 0.717) is 26.2 Å². The highest BCUT2D eigenvalue weighted by molar-refractivity contribution is 5.85. The van der Waals surface area contributed by atoms with Crippen LogP contribution in [0.2, 0.25) is 0 Å². The third-order valence-electron chi connectivity index (χ3n) is 5.28. The summed E-state index contributed by atoms with van der Waals surface area (Å²) in [5.41, 5.74) is 6.95. The first kappa shape index (κ1) is 19.7. The smallest absolute Gasteiger partial charge is 0.244 e. The molecule has 1 atom stereocenters. The molecule has 6 heteroatoms. The lowest BCUT2D eigenvalue weighted by atomic mass is 9.88. The van der Waals surface area contributed by atoms with Gasteiger partial charge in [0.15, 0.2) is 0 Å². The van der Waals surface area contributed by atoms with Gasteiger partial charge in [-0.15, -0.1) is 12.4 Å². The minimum absolute atomic E-state index is 0. The summed E-state index contributed by atoms with van der Waals surface area (Å²) < 4.78 is 0. The number of nitrogens with zero attached hydrogens (tertiary/aromatic N) is 2. The summed E-state index contributed by atoms with van der Waals surface area (Å²) in [6.45, 7) is 2.42. The molecule has 1 saturated carbocycles. The zero-order valence-electron chi connectivity index (χ0n) is 14.6. The highest BCUT2D eigenvalue weighted by Crippen LogP contribution is 2.26. The van der Waals surface area contributed by atoms with Crippen molar-refractivity contribution in [3.8, 4) is 0 Å². The monoisotopic (exact) mass is 365 g/mol. The van der Waals surface area contributed by atoms with Gasteiger partial charge in [-0.1, -0.05) is 49.6 Å². The Bertz CT molecular complexity index is 567. The topological polar surface area (TPSA) is 66.6 Å². The van der Waals surface area contributed by atoms with Gasteiger partial charge in [-0.2, -0.15) is 0 Å². The number of hydrogen-bond donors (Lipinski definition) is 1. The van der Waals surface area contributed by atoms with Crippen LogP contribution >= 0.6 is 12.4 Å². The van der Waals surface area contributed by atoms with Crippen molar-refractivity contribution in [2.45, 2.75) is 38.1 Å². The Hall–Kier alpha value is -1.59. The zero-order valence-corrected chi connectivity index (χ0v) is 15.4. The van der Waals surface area contributed by atoms with Gasteiger partial charge >= 0.3 is 0 Å². The predicted octanol–water partition coefficient (Wildman–Crippen LogP) is 2.36. The predicted molar refractivity (Wildman–Crippen MR) is 100 cm³/mol. The van der Waals surface area contributed by atoms with Crippen LogP contribution in [0.4, 0.5) is 0 Å². The number of rotatable bonds is 3. The minimum Gasteiger partial charge on any atom is -0.339 e. The van der Waals surface area contributed by atoms with Gasteiger partial charge in [0.25, 0.3) is 0 Å². The van der Waals surface area contributed by atoms with Crippen LogP contribution in [0.15, 0.2) is 30.3 Å². The summed E-state index contributed by atoms with van der Waals surface area (Å²) in [6.07, 6.45) is 5.64. The molecule has 0 radical (unpaired) electrons. The molecular formula is C19H28ClN3O2. The molecule has 1 aromatic rings. The van der Waals surface area contributed by atoms with E-state index in [0.717, 1.165) is 18.4 Å². The number of halogens is 1. The highest BCUT2D eigenvalue weighted by atomic mass is 35.5. The maximum atomic E-state index is 12.6. The van der Waals surface area contributed by atoms with Crippen molar-refractivity contribution in [3.05, 3.63) is 35.9 Å². The Morgan fingerprint density at radius 2 is 1.48 bits per heavy atom. The van der Waals surface area contributed by atoms with Crippen LogP contribution in [0.3, 0.4) is 0 Å². The number of nitrogens with two attached hydrogens (primary N) is 1. The molecule has 1 aromatic carbocycles. The molecule has 0 aromatic heterocycles. The molecule has 0 spiro atoms. The molecule has 2 aliphatic rings. The Labute approximate surface area is 155 Å². The Kier molecular flexibility index (Phi) is 7.26. The van der Waals surface area contributed by atoms with Gasteiger partial charge in [0.2, 0.25) is 11.8 Å². The van der Waals surface area contributed by atoms with Crippen molar-refractivity contribution in [3.63, 3.8) is 0 Å². The normalized spacial score (nSPS) is 19.9. The van der Waals surface area contributed by atoms with E-state index in [1.54, 1.807) is 4.90 Å². The highest BCUT2D eigenvalue weighted by Gasteiger charge is 2.31. The van der Waals surface area contributed by atoms with Crippen molar-refractivity contribution in [2.24, 2.45) is 11.7 Å². The standard InChI is InChI=1S/C19H27N3O2.ClH/c20-17(15-7-3-1-4-8-15)19(24)22-13-11-21(12-14-22)18(23)16-9-5-2-6-10-16;/h1,3-4,7-8,16-17H,2,5-6,9-14,20H2;1H. The first-order valence-electron chi connectivity index (χ1n) is 9.05. The fourth-order valence-electron chi connectivity index (χ4n) is 3.75. The molecule has 1 saturated heterocycles. The van der Waals surface area contributed by atoms with Crippen LogP contribution in [0.25, 0.3) is 0 Å². The second kappa shape index (κ2) is 9.20. The number of benzene rings is 1. The molecule has 25 heavy (non-hydrogen) atoms. The average molecular weight is 366 g/mol. The number of carbonyl (C=O) groups excluding carboxylic acids is 2. The van der Waals surface area contributed by atoms with Crippen molar-refractivity contribution >= 4 is 24.2 Å². The Morgan fingerprint density at radius 3 is 2.08 bits per heavy atom. The van der Waals surface area contributed by atoms with Crippen molar-refractivity contribution < 1.29 is 9.59 Å². The molecule has 3 rings (SSSR count). The second-order valence-corrected chi connectivity index (χ2v) is 6.87. The molecule has 2 N–H and O–H groups in total. The third kappa shape index (κ3) is 4.73. The van der Waals surface area contributed by atoms with Crippen molar-refractivity contribution in [1.82, 2.24) is 9.80 Å². The number of piperazine rings is 1. The van der Waals surface area contributed by atoms with Crippen LogP contribution in [-0.2, 0) is 9.59 Å². The summed E-state index contributed by atoms with van der Waals surface area (Å²) in [6, 6.07) is 8.84. The van der Waals surface area contributed by atoms with E-state index in [4.69, 9.17) is 5.73 Å². The molecule has 2 amide bonds. The van der Waals surface area contributed by atoms with Crippen LogP contribution in [0.1, 0.15) is 43.7 Å².